The van der Waals surface area contributed by atoms with E-state index in [4.69, 9.17) is 4.74 Å². The first-order valence-corrected chi connectivity index (χ1v) is 6.62. The van der Waals surface area contributed by atoms with Gasteiger partial charge >= 0.3 is 0 Å². The second kappa shape index (κ2) is 6.90. The maximum absolute atomic E-state index is 5.84. The van der Waals surface area contributed by atoms with Gasteiger partial charge in [-0.2, -0.15) is 0 Å². The number of nitrogens with zero attached hydrogens (tertiary/aromatic N) is 1. The minimum absolute atomic E-state index is 0.511. The first-order valence-electron chi connectivity index (χ1n) is 6.62. The van der Waals surface area contributed by atoms with Crippen molar-refractivity contribution in [2.24, 2.45) is 0 Å². The summed E-state index contributed by atoms with van der Waals surface area (Å²) in [5.74, 6) is 0.950. The summed E-state index contributed by atoms with van der Waals surface area (Å²) in [5.41, 5.74) is 3.36. The van der Waals surface area contributed by atoms with Crippen LogP contribution >= 0.6 is 0 Å². The zero-order valence-corrected chi connectivity index (χ0v) is 11.5. The number of hydrogen-bond acceptors (Lipinski definition) is 3. The molecule has 19 heavy (non-hydrogen) atoms. The number of nitrogens with one attached hydrogen (secondary N) is 1. The second-order valence-corrected chi connectivity index (χ2v) is 4.44. The fraction of sp³-hybridized carbons (Fsp3) is 0.312. The van der Waals surface area contributed by atoms with E-state index in [9.17, 15) is 0 Å². The van der Waals surface area contributed by atoms with E-state index in [1.165, 1.54) is 11.1 Å². The smallest absolute Gasteiger partial charge is 0.130 e. The van der Waals surface area contributed by atoms with Crippen LogP contribution in [-0.2, 0) is 19.6 Å². The minimum atomic E-state index is 0.511. The van der Waals surface area contributed by atoms with Crippen LogP contribution < -0.4 is 10.1 Å². The Labute approximate surface area is 114 Å². The molecule has 0 atom stereocenters. The van der Waals surface area contributed by atoms with Crippen LogP contribution in [-0.4, -0.2) is 12.0 Å². The number of aryl methyl sites for hydroxylation is 1. The van der Waals surface area contributed by atoms with Crippen molar-refractivity contribution in [3.8, 4) is 5.75 Å². The van der Waals surface area contributed by atoms with Crippen molar-refractivity contribution >= 4 is 0 Å². The number of benzene rings is 1. The van der Waals surface area contributed by atoms with Gasteiger partial charge in [0.05, 0.1) is 5.69 Å². The Morgan fingerprint density at radius 3 is 2.68 bits per heavy atom. The van der Waals surface area contributed by atoms with E-state index in [0.717, 1.165) is 24.4 Å². The number of pyridine rings is 1. The summed E-state index contributed by atoms with van der Waals surface area (Å²) in [6.45, 7) is 3.48. The van der Waals surface area contributed by atoms with Gasteiger partial charge in [0.2, 0.25) is 0 Å². The number of rotatable bonds is 6. The van der Waals surface area contributed by atoms with Gasteiger partial charge in [-0.05, 0) is 36.7 Å². The summed E-state index contributed by atoms with van der Waals surface area (Å²) >= 11 is 0. The Morgan fingerprint density at radius 2 is 2.00 bits per heavy atom. The van der Waals surface area contributed by atoms with Gasteiger partial charge < -0.3 is 10.1 Å². The topological polar surface area (TPSA) is 34.1 Å². The van der Waals surface area contributed by atoms with Gasteiger partial charge in [0, 0.05) is 12.7 Å². The van der Waals surface area contributed by atoms with Crippen molar-refractivity contribution in [2.45, 2.75) is 26.5 Å². The first kappa shape index (κ1) is 13.6. The summed E-state index contributed by atoms with van der Waals surface area (Å²) in [5, 5.41) is 3.11. The Morgan fingerprint density at radius 1 is 1.16 bits per heavy atom. The molecule has 100 valence electrons. The van der Waals surface area contributed by atoms with Gasteiger partial charge in [-0.1, -0.05) is 31.2 Å². The molecule has 1 N–H and O–H groups in total. The first-order chi connectivity index (χ1) is 9.33. The number of para-hydroxylation sites is 1. The SMILES string of the molecule is CCc1ccccc1OCc1ccc(CNC)cn1. The van der Waals surface area contributed by atoms with E-state index in [-0.39, 0.29) is 0 Å². The van der Waals surface area contributed by atoms with E-state index in [1.807, 2.05) is 37.5 Å². The van der Waals surface area contributed by atoms with E-state index in [1.54, 1.807) is 0 Å². The van der Waals surface area contributed by atoms with Gasteiger partial charge in [-0.25, -0.2) is 0 Å². The van der Waals surface area contributed by atoms with Gasteiger partial charge in [0.15, 0.2) is 0 Å². The fourth-order valence-electron chi connectivity index (χ4n) is 1.94. The molecule has 0 saturated heterocycles. The molecular formula is C16H20N2O. The van der Waals surface area contributed by atoms with Crippen LogP contribution in [0, 0.1) is 0 Å². The molecule has 1 heterocycles. The van der Waals surface area contributed by atoms with E-state index in [2.05, 4.69) is 29.4 Å². The standard InChI is InChI=1S/C16H20N2O/c1-3-14-6-4-5-7-16(14)19-12-15-9-8-13(10-17-2)11-18-15/h4-9,11,17H,3,10,12H2,1-2H3. The average Bonchev–Trinajstić information content (AvgIpc) is 2.47. The van der Waals surface area contributed by atoms with Gasteiger partial charge in [-0.3, -0.25) is 4.98 Å². The second-order valence-electron chi connectivity index (χ2n) is 4.44. The fourth-order valence-corrected chi connectivity index (χ4v) is 1.94. The van der Waals surface area contributed by atoms with Crippen molar-refractivity contribution in [1.82, 2.24) is 10.3 Å². The summed E-state index contributed by atoms with van der Waals surface area (Å²) in [4.78, 5) is 4.40. The van der Waals surface area contributed by atoms with Crippen molar-refractivity contribution in [3.63, 3.8) is 0 Å². The van der Waals surface area contributed by atoms with Crippen LogP contribution in [0.2, 0.25) is 0 Å². The number of hydrogen-bond donors (Lipinski definition) is 1. The summed E-state index contributed by atoms with van der Waals surface area (Å²) < 4.78 is 5.84. The van der Waals surface area contributed by atoms with Gasteiger partial charge in [0.1, 0.15) is 12.4 Å². The molecule has 0 radical (unpaired) electrons. The third-order valence-electron chi connectivity index (χ3n) is 3.00. The van der Waals surface area contributed by atoms with Crippen LogP contribution in [0.1, 0.15) is 23.7 Å². The molecule has 0 amide bonds. The highest BCUT2D eigenvalue weighted by molar-refractivity contribution is 5.33. The highest BCUT2D eigenvalue weighted by Crippen LogP contribution is 2.19. The number of ether oxygens (including phenoxy) is 1. The van der Waals surface area contributed by atoms with E-state index < -0.39 is 0 Å². The van der Waals surface area contributed by atoms with E-state index in [0.29, 0.717) is 6.61 Å². The molecule has 1 aromatic carbocycles. The predicted molar refractivity (Wildman–Crippen MR) is 77.2 cm³/mol. The van der Waals surface area contributed by atoms with Crippen molar-refractivity contribution in [2.75, 3.05) is 7.05 Å². The molecule has 0 bridgehead atoms. The van der Waals surface area contributed by atoms with E-state index >= 15 is 0 Å². The Hall–Kier alpha value is -1.87. The highest BCUT2D eigenvalue weighted by atomic mass is 16.5. The summed E-state index contributed by atoms with van der Waals surface area (Å²) in [7, 11) is 1.93. The molecule has 1 aromatic heterocycles. The van der Waals surface area contributed by atoms with Crippen LogP contribution in [0.15, 0.2) is 42.6 Å². The Bertz CT molecular complexity index is 508. The largest absolute Gasteiger partial charge is 0.487 e. The predicted octanol–water partition coefficient (Wildman–Crippen LogP) is 2.94. The Balaban J connectivity index is 1.98. The van der Waals surface area contributed by atoms with Crippen LogP contribution in [0.25, 0.3) is 0 Å². The lowest BCUT2D eigenvalue weighted by Gasteiger charge is -2.10. The van der Waals surface area contributed by atoms with Crippen LogP contribution in [0.3, 0.4) is 0 Å². The van der Waals surface area contributed by atoms with Crippen molar-refractivity contribution in [1.29, 1.82) is 0 Å². The molecular weight excluding hydrogens is 236 g/mol. The molecule has 0 fully saturated rings. The molecule has 2 aromatic rings. The van der Waals surface area contributed by atoms with Crippen LogP contribution in [0.4, 0.5) is 0 Å². The zero-order valence-electron chi connectivity index (χ0n) is 11.5. The summed E-state index contributed by atoms with van der Waals surface area (Å²) in [6.07, 6.45) is 2.87. The minimum Gasteiger partial charge on any atom is -0.487 e. The van der Waals surface area contributed by atoms with Gasteiger partial charge in [0.25, 0.3) is 0 Å². The lowest BCUT2D eigenvalue weighted by atomic mass is 10.1. The molecule has 3 nitrogen and oxygen atoms in total. The molecule has 0 aliphatic carbocycles. The third kappa shape index (κ3) is 3.80. The molecule has 0 spiro atoms. The van der Waals surface area contributed by atoms with Gasteiger partial charge in [-0.15, -0.1) is 0 Å². The molecule has 0 unspecified atom stereocenters. The zero-order chi connectivity index (χ0) is 13.5. The highest BCUT2D eigenvalue weighted by Gasteiger charge is 2.02. The van der Waals surface area contributed by atoms with Crippen molar-refractivity contribution in [3.05, 3.63) is 59.4 Å². The lowest BCUT2D eigenvalue weighted by Crippen LogP contribution is -2.06. The normalized spacial score (nSPS) is 10.4. The maximum atomic E-state index is 5.84. The Kier molecular flexibility index (Phi) is 4.93. The lowest BCUT2D eigenvalue weighted by molar-refractivity contribution is 0.298. The molecule has 2 rings (SSSR count). The molecule has 3 heteroatoms. The molecule has 0 aliphatic heterocycles. The summed E-state index contributed by atoms with van der Waals surface area (Å²) in [6, 6.07) is 12.2. The molecule has 0 aliphatic rings. The average molecular weight is 256 g/mol. The monoisotopic (exact) mass is 256 g/mol. The van der Waals surface area contributed by atoms with Crippen LogP contribution in [0.5, 0.6) is 5.75 Å². The van der Waals surface area contributed by atoms with Crippen molar-refractivity contribution < 1.29 is 4.74 Å². The third-order valence-corrected chi connectivity index (χ3v) is 3.00. The maximum Gasteiger partial charge on any atom is 0.130 e. The molecule has 0 saturated carbocycles. The number of aromatic nitrogens is 1. The quantitative estimate of drug-likeness (QED) is 0.863.